The Morgan fingerprint density at radius 1 is 1.48 bits per heavy atom. The lowest BCUT2D eigenvalue weighted by atomic mass is 10.0. The molecule has 0 radical (unpaired) electrons. The number of carbonyl (C=O) groups is 1. The van der Waals surface area contributed by atoms with Gasteiger partial charge in [-0.1, -0.05) is 5.21 Å². The molecule has 1 aromatic carbocycles. The number of likely N-dealkylation sites (tertiary alicyclic amines) is 1. The van der Waals surface area contributed by atoms with Crippen molar-refractivity contribution in [3.63, 3.8) is 0 Å². The lowest BCUT2D eigenvalue weighted by Gasteiger charge is -2.35. The van der Waals surface area contributed by atoms with E-state index >= 15 is 0 Å². The monoisotopic (exact) mass is 287 g/mol. The van der Waals surface area contributed by atoms with Gasteiger partial charge < -0.3 is 5.32 Å². The number of piperidine rings is 1. The van der Waals surface area contributed by atoms with E-state index in [0.29, 0.717) is 11.6 Å². The first-order chi connectivity index (χ1) is 10.1. The van der Waals surface area contributed by atoms with Gasteiger partial charge in [0.05, 0.1) is 5.52 Å². The second-order valence-corrected chi connectivity index (χ2v) is 5.95. The molecule has 0 unspecified atom stereocenters. The summed E-state index contributed by atoms with van der Waals surface area (Å²) >= 11 is 0. The summed E-state index contributed by atoms with van der Waals surface area (Å²) in [5, 5.41) is 13.6. The molecule has 0 bridgehead atoms. The van der Waals surface area contributed by atoms with E-state index in [1.54, 1.807) is 12.1 Å². The molecule has 112 valence electrons. The number of nitrogens with zero attached hydrogens (tertiary/aromatic N) is 3. The molecule has 1 aromatic heterocycles. The van der Waals surface area contributed by atoms with Crippen LogP contribution in [0.4, 0.5) is 0 Å². The van der Waals surface area contributed by atoms with E-state index in [0.717, 1.165) is 37.0 Å². The minimum absolute atomic E-state index is 0.0319. The molecule has 0 spiro atoms. The lowest BCUT2D eigenvalue weighted by Crippen LogP contribution is -2.49. The molecule has 0 saturated carbocycles. The van der Waals surface area contributed by atoms with Crippen LogP contribution in [0.1, 0.15) is 37.0 Å². The smallest absolute Gasteiger partial charge is 0.251 e. The number of nitrogens with one attached hydrogen (secondary N) is 2. The molecular formula is C15H21N5O. The Kier molecular flexibility index (Phi) is 3.88. The molecule has 1 atom stereocenters. The molecule has 6 nitrogen and oxygen atoms in total. The molecule has 1 aliphatic heterocycles. The van der Waals surface area contributed by atoms with Crippen molar-refractivity contribution in [3.8, 4) is 0 Å². The predicted octanol–water partition coefficient (Wildman–Crippen LogP) is 1.56. The summed E-state index contributed by atoms with van der Waals surface area (Å²) in [6.07, 6.45) is 2.17. The third kappa shape index (κ3) is 3.05. The first kappa shape index (κ1) is 14.0. The van der Waals surface area contributed by atoms with Crippen LogP contribution in [0.15, 0.2) is 18.2 Å². The maximum absolute atomic E-state index is 12.4. The highest BCUT2D eigenvalue weighted by molar-refractivity contribution is 5.97. The van der Waals surface area contributed by atoms with E-state index in [4.69, 9.17) is 0 Å². The maximum atomic E-state index is 12.4. The highest BCUT2D eigenvalue weighted by Crippen LogP contribution is 2.15. The van der Waals surface area contributed by atoms with Crippen LogP contribution < -0.4 is 5.32 Å². The number of aromatic amines is 1. The van der Waals surface area contributed by atoms with Crippen LogP contribution in [0.2, 0.25) is 0 Å². The zero-order chi connectivity index (χ0) is 14.8. The standard InChI is InChI=1S/C15H21N5O/c1-10(2)20-7-3-4-12(9-20)16-15(21)11-5-6-13-14(8-11)18-19-17-13/h5-6,8,10,12H,3-4,7,9H2,1-2H3,(H,16,21)(H,17,18,19)/t12-/m1/s1. The highest BCUT2D eigenvalue weighted by atomic mass is 16.1. The minimum atomic E-state index is -0.0319. The van der Waals surface area contributed by atoms with Crippen LogP contribution in [0.3, 0.4) is 0 Å². The molecule has 1 aliphatic rings. The summed E-state index contributed by atoms with van der Waals surface area (Å²) in [5.41, 5.74) is 2.20. The summed E-state index contributed by atoms with van der Waals surface area (Å²) in [7, 11) is 0. The van der Waals surface area contributed by atoms with Crippen molar-refractivity contribution in [2.24, 2.45) is 0 Å². The van der Waals surface area contributed by atoms with Gasteiger partial charge in [0.1, 0.15) is 5.52 Å². The van der Waals surface area contributed by atoms with Gasteiger partial charge in [-0.15, -0.1) is 5.10 Å². The average Bonchev–Trinajstić information content (AvgIpc) is 2.94. The summed E-state index contributed by atoms with van der Waals surface area (Å²) in [6, 6.07) is 6.17. The fraction of sp³-hybridized carbons (Fsp3) is 0.533. The Balaban J connectivity index is 1.67. The van der Waals surface area contributed by atoms with E-state index in [-0.39, 0.29) is 11.9 Å². The Bertz CT molecular complexity index is 636. The van der Waals surface area contributed by atoms with Gasteiger partial charge in [0.15, 0.2) is 0 Å². The normalized spacial score (nSPS) is 20.0. The largest absolute Gasteiger partial charge is 0.348 e. The van der Waals surface area contributed by atoms with E-state index in [2.05, 4.69) is 39.5 Å². The second kappa shape index (κ2) is 5.81. The summed E-state index contributed by atoms with van der Waals surface area (Å²) in [5.74, 6) is -0.0319. The first-order valence-corrected chi connectivity index (χ1v) is 7.49. The highest BCUT2D eigenvalue weighted by Gasteiger charge is 2.23. The molecule has 2 aromatic rings. The third-order valence-electron chi connectivity index (χ3n) is 4.11. The number of aromatic nitrogens is 3. The van der Waals surface area contributed by atoms with Gasteiger partial charge in [-0.3, -0.25) is 14.8 Å². The van der Waals surface area contributed by atoms with Crippen molar-refractivity contribution in [2.45, 2.75) is 38.8 Å². The molecule has 3 rings (SSSR count). The van der Waals surface area contributed by atoms with Gasteiger partial charge >= 0.3 is 0 Å². The number of rotatable bonds is 3. The van der Waals surface area contributed by atoms with Crippen molar-refractivity contribution in [3.05, 3.63) is 23.8 Å². The van der Waals surface area contributed by atoms with Crippen molar-refractivity contribution in [1.29, 1.82) is 0 Å². The van der Waals surface area contributed by atoms with Crippen molar-refractivity contribution < 1.29 is 4.79 Å². The van der Waals surface area contributed by atoms with Crippen molar-refractivity contribution in [1.82, 2.24) is 25.6 Å². The van der Waals surface area contributed by atoms with Crippen LogP contribution in [-0.2, 0) is 0 Å². The van der Waals surface area contributed by atoms with E-state index < -0.39 is 0 Å². The molecule has 21 heavy (non-hydrogen) atoms. The van der Waals surface area contributed by atoms with E-state index in [1.165, 1.54) is 0 Å². The first-order valence-electron chi connectivity index (χ1n) is 7.49. The zero-order valence-corrected chi connectivity index (χ0v) is 12.5. The van der Waals surface area contributed by atoms with Crippen LogP contribution in [0.5, 0.6) is 0 Å². The summed E-state index contributed by atoms with van der Waals surface area (Å²) < 4.78 is 0. The molecule has 1 saturated heterocycles. The molecule has 1 fully saturated rings. The third-order valence-corrected chi connectivity index (χ3v) is 4.11. The van der Waals surface area contributed by atoms with Gasteiger partial charge in [0, 0.05) is 24.2 Å². The summed E-state index contributed by atoms with van der Waals surface area (Å²) in [6.45, 7) is 6.44. The van der Waals surface area contributed by atoms with Crippen LogP contribution >= 0.6 is 0 Å². The van der Waals surface area contributed by atoms with Crippen LogP contribution in [0, 0.1) is 0 Å². The quantitative estimate of drug-likeness (QED) is 0.898. The number of hydrogen-bond acceptors (Lipinski definition) is 4. The van der Waals surface area contributed by atoms with E-state index in [1.807, 2.05) is 6.07 Å². The maximum Gasteiger partial charge on any atom is 0.251 e. The Hall–Kier alpha value is -1.95. The van der Waals surface area contributed by atoms with Crippen molar-refractivity contribution >= 4 is 16.9 Å². The molecule has 0 aliphatic carbocycles. The van der Waals surface area contributed by atoms with Gasteiger partial charge in [0.25, 0.3) is 5.91 Å². The fourth-order valence-electron chi connectivity index (χ4n) is 2.84. The SMILES string of the molecule is CC(C)N1CCC[C@@H](NC(=O)c2ccc3[nH]nnc3c2)C1. The molecular weight excluding hydrogens is 266 g/mol. The summed E-state index contributed by atoms with van der Waals surface area (Å²) in [4.78, 5) is 14.8. The van der Waals surface area contributed by atoms with Crippen LogP contribution in [-0.4, -0.2) is 51.4 Å². The molecule has 6 heteroatoms. The average molecular weight is 287 g/mol. The number of hydrogen-bond donors (Lipinski definition) is 2. The number of benzene rings is 1. The van der Waals surface area contributed by atoms with Gasteiger partial charge in [0.2, 0.25) is 0 Å². The van der Waals surface area contributed by atoms with Gasteiger partial charge in [-0.25, -0.2) is 0 Å². The second-order valence-electron chi connectivity index (χ2n) is 5.95. The number of H-pyrrole nitrogens is 1. The number of amides is 1. The number of carbonyl (C=O) groups excluding carboxylic acids is 1. The lowest BCUT2D eigenvalue weighted by molar-refractivity contribution is 0.0886. The minimum Gasteiger partial charge on any atom is -0.348 e. The molecule has 1 amide bonds. The topological polar surface area (TPSA) is 73.9 Å². The van der Waals surface area contributed by atoms with E-state index in [9.17, 15) is 4.79 Å². The fourth-order valence-corrected chi connectivity index (χ4v) is 2.84. The molecule has 2 heterocycles. The van der Waals surface area contributed by atoms with Gasteiger partial charge in [-0.05, 0) is 51.4 Å². The predicted molar refractivity (Wildman–Crippen MR) is 81.1 cm³/mol. The van der Waals surface area contributed by atoms with Gasteiger partial charge in [-0.2, -0.15) is 0 Å². The number of fused-ring (bicyclic) bond motifs is 1. The Morgan fingerprint density at radius 2 is 2.33 bits per heavy atom. The Labute approximate surface area is 123 Å². The van der Waals surface area contributed by atoms with Crippen LogP contribution in [0.25, 0.3) is 11.0 Å². The van der Waals surface area contributed by atoms with Crippen molar-refractivity contribution in [2.75, 3.05) is 13.1 Å². The Morgan fingerprint density at radius 3 is 3.14 bits per heavy atom. The zero-order valence-electron chi connectivity index (χ0n) is 12.5. The molecule has 2 N–H and O–H groups in total.